The molecule has 0 saturated heterocycles. The van der Waals surface area contributed by atoms with Crippen molar-refractivity contribution in [3.8, 4) is 0 Å². The van der Waals surface area contributed by atoms with Crippen LogP contribution in [0.1, 0.15) is 0 Å². The number of aromatic nitrogens is 2. The summed E-state index contributed by atoms with van der Waals surface area (Å²) in [5, 5.41) is 2.72. The number of amides is 2. The molecule has 0 radical (unpaired) electrons. The third-order valence-electron chi connectivity index (χ3n) is 2.49. The van der Waals surface area contributed by atoms with Gasteiger partial charge in [-0.15, -0.1) is 0 Å². The molecule has 6 heteroatoms. The molecular formula is C13H14N4O2. The molecule has 1 heterocycles. The van der Waals surface area contributed by atoms with Crippen LogP contribution in [0.5, 0.6) is 0 Å². The molecule has 1 aromatic carbocycles. The van der Waals surface area contributed by atoms with Gasteiger partial charge in [-0.05, 0) is 12.1 Å². The Morgan fingerprint density at radius 1 is 1.32 bits per heavy atom. The number of anilines is 1. The van der Waals surface area contributed by atoms with Crippen molar-refractivity contribution >= 4 is 17.6 Å². The van der Waals surface area contributed by atoms with Gasteiger partial charge in [0.2, 0.25) is 5.91 Å². The van der Waals surface area contributed by atoms with Crippen molar-refractivity contribution < 1.29 is 9.59 Å². The molecule has 0 atom stereocenters. The molecule has 2 amide bonds. The molecular weight excluding hydrogens is 244 g/mol. The summed E-state index contributed by atoms with van der Waals surface area (Å²) < 4.78 is 1.32. The van der Waals surface area contributed by atoms with Crippen molar-refractivity contribution in [2.45, 2.75) is 0 Å². The minimum Gasteiger partial charge on any atom is -0.325 e. The van der Waals surface area contributed by atoms with Crippen LogP contribution in [0.3, 0.4) is 0 Å². The Bertz CT molecular complexity index is 551. The summed E-state index contributed by atoms with van der Waals surface area (Å²) in [4.78, 5) is 28.7. The number of carbonyl (C=O) groups excluding carboxylic acids is 2. The maximum absolute atomic E-state index is 11.9. The summed E-state index contributed by atoms with van der Waals surface area (Å²) in [7, 11) is 1.56. The normalized spacial score (nSPS) is 9.95. The number of hydrogen-bond acceptors (Lipinski definition) is 3. The summed E-state index contributed by atoms with van der Waals surface area (Å²) in [6.45, 7) is -0.0219. The molecule has 2 aromatic rings. The highest BCUT2D eigenvalue weighted by Gasteiger charge is 2.14. The highest BCUT2D eigenvalue weighted by Crippen LogP contribution is 2.04. The molecule has 1 N–H and O–H groups in total. The number of rotatable bonds is 3. The number of imidazole rings is 1. The van der Waals surface area contributed by atoms with Crippen molar-refractivity contribution in [2.75, 3.05) is 18.9 Å². The van der Waals surface area contributed by atoms with Crippen LogP contribution in [0.15, 0.2) is 49.1 Å². The average Bonchev–Trinajstić information content (AvgIpc) is 2.92. The van der Waals surface area contributed by atoms with Crippen molar-refractivity contribution in [3.63, 3.8) is 0 Å². The smallest absolute Gasteiger partial charge is 0.325 e. The third-order valence-corrected chi connectivity index (χ3v) is 2.49. The van der Waals surface area contributed by atoms with Crippen LogP contribution < -0.4 is 5.32 Å². The average molecular weight is 258 g/mol. The second kappa shape index (κ2) is 5.81. The van der Waals surface area contributed by atoms with E-state index < -0.39 is 0 Å². The van der Waals surface area contributed by atoms with Crippen molar-refractivity contribution in [1.29, 1.82) is 0 Å². The van der Waals surface area contributed by atoms with E-state index in [-0.39, 0.29) is 18.5 Å². The zero-order valence-electron chi connectivity index (χ0n) is 10.5. The summed E-state index contributed by atoms with van der Waals surface area (Å²) in [6.07, 6.45) is 4.44. The Hall–Kier alpha value is -2.63. The standard InChI is InChI=1S/C13H14N4O2/c1-16(13(19)17-8-7-14-10-17)9-12(18)15-11-5-3-2-4-6-11/h2-8,10H,9H2,1H3,(H,15,18). The molecule has 0 fully saturated rings. The van der Waals surface area contributed by atoms with E-state index in [0.29, 0.717) is 5.69 Å². The number of nitrogens with one attached hydrogen (secondary N) is 1. The summed E-state index contributed by atoms with van der Waals surface area (Å²) in [5.41, 5.74) is 0.705. The molecule has 0 saturated carbocycles. The van der Waals surface area contributed by atoms with E-state index in [1.165, 1.54) is 28.2 Å². The number of carbonyl (C=O) groups is 2. The highest BCUT2D eigenvalue weighted by molar-refractivity contribution is 5.94. The molecule has 0 bridgehead atoms. The Balaban J connectivity index is 1.90. The minimum atomic E-state index is -0.305. The zero-order valence-corrected chi connectivity index (χ0v) is 10.5. The lowest BCUT2D eigenvalue weighted by molar-refractivity contribution is -0.116. The number of nitrogens with zero attached hydrogens (tertiary/aromatic N) is 3. The van der Waals surface area contributed by atoms with Crippen molar-refractivity contribution in [2.24, 2.45) is 0 Å². The van der Waals surface area contributed by atoms with Gasteiger partial charge in [0, 0.05) is 25.1 Å². The molecule has 0 unspecified atom stereocenters. The SMILES string of the molecule is CN(CC(=O)Nc1ccccc1)C(=O)n1ccnc1. The van der Waals surface area contributed by atoms with Gasteiger partial charge in [-0.1, -0.05) is 18.2 Å². The van der Waals surface area contributed by atoms with E-state index in [1.54, 1.807) is 19.2 Å². The van der Waals surface area contributed by atoms with Gasteiger partial charge in [0.15, 0.2) is 0 Å². The third kappa shape index (κ3) is 3.41. The van der Waals surface area contributed by atoms with E-state index >= 15 is 0 Å². The predicted octanol–water partition coefficient (Wildman–Crippen LogP) is 1.42. The van der Waals surface area contributed by atoms with E-state index in [2.05, 4.69) is 10.3 Å². The quantitative estimate of drug-likeness (QED) is 0.905. The first-order valence-electron chi connectivity index (χ1n) is 5.75. The Morgan fingerprint density at radius 3 is 2.68 bits per heavy atom. The number of benzene rings is 1. The fourth-order valence-electron chi connectivity index (χ4n) is 1.57. The van der Waals surface area contributed by atoms with Crippen LogP contribution in [-0.2, 0) is 4.79 Å². The van der Waals surface area contributed by atoms with E-state index in [4.69, 9.17) is 0 Å². The lowest BCUT2D eigenvalue weighted by Crippen LogP contribution is -2.37. The maximum atomic E-state index is 11.9. The Morgan fingerprint density at radius 2 is 2.05 bits per heavy atom. The van der Waals surface area contributed by atoms with Gasteiger partial charge >= 0.3 is 6.03 Å². The van der Waals surface area contributed by atoms with Gasteiger partial charge in [0.05, 0.1) is 0 Å². The van der Waals surface area contributed by atoms with Crippen LogP contribution >= 0.6 is 0 Å². The summed E-state index contributed by atoms with van der Waals surface area (Å²) >= 11 is 0. The van der Waals surface area contributed by atoms with E-state index in [9.17, 15) is 9.59 Å². The Kier molecular flexibility index (Phi) is 3.92. The first-order chi connectivity index (χ1) is 9.16. The van der Waals surface area contributed by atoms with Crippen LogP contribution in [0, 0.1) is 0 Å². The molecule has 0 aliphatic rings. The highest BCUT2D eigenvalue weighted by atomic mass is 16.2. The number of hydrogen-bond donors (Lipinski definition) is 1. The molecule has 6 nitrogen and oxygen atoms in total. The lowest BCUT2D eigenvalue weighted by atomic mass is 10.3. The second-order valence-corrected chi connectivity index (χ2v) is 4.02. The van der Waals surface area contributed by atoms with Crippen LogP contribution in [-0.4, -0.2) is 40.0 Å². The lowest BCUT2D eigenvalue weighted by Gasteiger charge is -2.16. The van der Waals surface area contributed by atoms with Crippen molar-refractivity contribution in [3.05, 3.63) is 49.1 Å². The topological polar surface area (TPSA) is 67.2 Å². The molecule has 98 valence electrons. The van der Waals surface area contributed by atoms with E-state index in [1.807, 2.05) is 18.2 Å². The van der Waals surface area contributed by atoms with Gasteiger partial charge in [-0.2, -0.15) is 0 Å². The first kappa shape index (κ1) is 12.8. The first-order valence-corrected chi connectivity index (χ1v) is 5.75. The molecule has 0 spiro atoms. The predicted molar refractivity (Wildman–Crippen MR) is 70.7 cm³/mol. The Labute approximate surface area is 110 Å². The fraction of sp³-hybridized carbons (Fsp3) is 0.154. The number of likely N-dealkylation sites (N-methyl/N-ethyl adjacent to an activating group) is 1. The van der Waals surface area contributed by atoms with Gasteiger partial charge < -0.3 is 10.2 Å². The van der Waals surface area contributed by atoms with Gasteiger partial charge in [-0.25, -0.2) is 9.78 Å². The molecule has 0 aliphatic carbocycles. The zero-order chi connectivity index (χ0) is 13.7. The fourth-order valence-corrected chi connectivity index (χ4v) is 1.57. The molecule has 1 aromatic heterocycles. The minimum absolute atomic E-state index is 0.0219. The summed E-state index contributed by atoms with van der Waals surface area (Å²) in [5.74, 6) is -0.248. The van der Waals surface area contributed by atoms with Crippen LogP contribution in [0.4, 0.5) is 10.5 Å². The van der Waals surface area contributed by atoms with Gasteiger partial charge in [0.1, 0.15) is 12.9 Å². The van der Waals surface area contributed by atoms with Gasteiger partial charge in [0.25, 0.3) is 0 Å². The second-order valence-electron chi connectivity index (χ2n) is 4.02. The van der Waals surface area contributed by atoms with Crippen LogP contribution in [0.25, 0.3) is 0 Å². The van der Waals surface area contributed by atoms with E-state index in [0.717, 1.165) is 0 Å². The molecule has 2 rings (SSSR count). The molecule has 0 aliphatic heterocycles. The summed E-state index contributed by atoms with van der Waals surface area (Å²) in [6, 6.07) is 8.79. The monoisotopic (exact) mass is 258 g/mol. The van der Waals surface area contributed by atoms with Crippen molar-refractivity contribution in [1.82, 2.24) is 14.5 Å². The largest absolute Gasteiger partial charge is 0.329 e. The maximum Gasteiger partial charge on any atom is 0.329 e. The van der Waals surface area contributed by atoms with Crippen LogP contribution in [0.2, 0.25) is 0 Å². The molecule has 19 heavy (non-hydrogen) atoms. The van der Waals surface area contributed by atoms with Gasteiger partial charge in [-0.3, -0.25) is 9.36 Å². The number of para-hydroxylation sites is 1.